The summed E-state index contributed by atoms with van der Waals surface area (Å²) in [7, 11) is 0. The van der Waals surface area contributed by atoms with Crippen LogP contribution >= 0.6 is 0 Å². The molecule has 1 aromatic rings. The van der Waals surface area contributed by atoms with Crippen molar-refractivity contribution in [2.45, 2.75) is 85.7 Å². The van der Waals surface area contributed by atoms with Gasteiger partial charge in [-0.2, -0.15) is 0 Å². The Morgan fingerprint density at radius 2 is 1.92 bits per heavy atom. The van der Waals surface area contributed by atoms with Gasteiger partial charge in [-0.25, -0.2) is 4.79 Å². The second kappa shape index (κ2) is 8.87. The maximum atomic E-state index is 12.5. The molecule has 1 saturated carbocycles. The number of carbonyl (C=O) groups is 1. The fraction of sp³-hybridized carbons (Fsp3) is 0.696. The molecule has 0 spiro atoms. The monoisotopic (exact) mass is 344 g/mol. The van der Waals surface area contributed by atoms with Crippen molar-refractivity contribution in [3.63, 3.8) is 0 Å². The Hall–Kier alpha value is -1.31. The molecule has 2 rings (SSSR count). The molecule has 0 N–H and O–H groups in total. The molecule has 3 atom stereocenters. The molecule has 0 bridgehead atoms. The quantitative estimate of drug-likeness (QED) is 0.523. The molecule has 2 heteroatoms. The minimum Gasteiger partial charge on any atom is -0.459 e. The Bertz CT molecular complexity index is 544. The highest BCUT2D eigenvalue weighted by Gasteiger charge is 2.36. The first-order valence-electron chi connectivity index (χ1n) is 10.1. The minimum absolute atomic E-state index is 0.0451. The molecular formula is C23H36O2. The molecule has 0 aliphatic heterocycles. The predicted molar refractivity (Wildman–Crippen MR) is 105 cm³/mol. The third-order valence-electron chi connectivity index (χ3n) is 6.14. The van der Waals surface area contributed by atoms with E-state index >= 15 is 0 Å². The maximum Gasteiger partial charge on any atom is 0.338 e. The molecule has 1 aliphatic carbocycles. The Labute approximate surface area is 154 Å². The van der Waals surface area contributed by atoms with Crippen LogP contribution in [0.25, 0.3) is 0 Å². The molecule has 0 aromatic heterocycles. The van der Waals surface area contributed by atoms with Crippen LogP contribution in [-0.4, -0.2) is 12.1 Å². The van der Waals surface area contributed by atoms with Crippen LogP contribution in [0.15, 0.2) is 24.3 Å². The Kier molecular flexibility index (Phi) is 7.10. The van der Waals surface area contributed by atoms with Gasteiger partial charge in [0.15, 0.2) is 0 Å². The predicted octanol–water partition coefficient (Wildman–Crippen LogP) is 6.56. The normalized spacial score (nSPS) is 23.9. The van der Waals surface area contributed by atoms with Crippen molar-refractivity contribution in [2.75, 3.05) is 0 Å². The lowest BCUT2D eigenvalue weighted by molar-refractivity contribution is 0.0160. The summed E-state index contributed by atoms with van der Waals surface area (Å²) in [5, 5.41) is 0. The molecule has 0 heterocycles. The summed E-state index contributed by atoms with van der Waals surface area (Å²) in [6.07, 6.45) is 8.23. The molecule has 2 nitrogen and oxygen atoms in total. The van der Waals surface area contributed by atoms with Crippen molar-refractivity contribution in [3.05, 3.63) is 35.4 Å². The second-order valence-electron chi connectivity index (χ2n) is 8.72. The van der Waals surface area contributed by atoms with Gasteiger partial charge in [0.1, 0.15) is 6.10 Å². The van der Waals surface area contributed by atoms with Crippen LogP contribution in [0.2, 0.25) is 0 Å². The highest BCUT2D eigenvalue weighted by Crippen LogP contribution is 2.46. The van der Waals surface area contributed by atoms with E-state index in [1.165, 1.54) is 25.7 Å². The number of esters is 1. The standard InChI is InChI=1S/C23H36O2/c1-6-8-20(25-22(24)19-12-10-17(2)11-13-19)14-15-21-18(3)9-7-16-23(21,4)5/h10-13,18,20-21H,6-9,14-16H2,1-5H3/t18-,20?,21+/m0/s1. The molecular weight excluding hydrogens is 308 g/mol. The van der Waals surface area contributed by atoms with E-state index in [0.29, 0.717) is 11.0 Å². The first-order chi connectivity index (χ1) is 11.8. The zero-order valence-electron chi connectivity index (χ0n) is 16.8. The number of aryl methyl sites for hydroxylation is 1. The van der Waals surface area contributed by atoms with Crippen molar-refractivity contribution in [1.82, 2.24) is 0 Å². The molecule has 1 aliphatic rings. The van der Waals surface area contributed by atoms with Crippen LogP contribution in [0, 0.1) is 24.2 Å². The zero-order chi connectivity index (χ0) is 18.4. The zero-order valence-corrected chi connectivity index (χ0v) is 16.8. The molecule has 1 aromatic carbocycles. The third-order valence-corrected chi connectivity index (χ3v) is 6.14. The van der Waals surface area contributed by atoms with Gasteiger partial charge in [-0.1, -0.05) is 64.7 Å². The van der Waals surface area contributed by atoms with Crippen LogP contribution in [0.1, 0.15) is 88.6 Å². The van der Waals surface area contributed by atoms with E-state index in [1.807, 2.05) is 31.2 Å². The van der Waals surface area contributed by atoms with Crippen molar-refractivity contribution < 1.29 is 9.53 Å². The van der Waals surface area contributed by atoms with E-state index < -0.39 is 0 Å². The molecule has 1 fully saturated rings. The van der Waals surface area contributed by atoms with Gasteiger partial charge < -0.3 is 4.74 Å². The molecule has 0 radical (unpaired) electrons. The largest absolute Gasteiger partial charge is 0.459 e. The summed E-state index contributed by atoms with van der Waals surface area (Å²) in [6.45, 7) is 11.4. The molecule has 25 heavy (non-hydrogen) atoms. The van der Waals surface area contributed by atoms with Gasteiger partial charge in [-0.05, 0) is 62.0 Å². The summed E-state index contributed by atoms with van der Waals surface area (Å²) < 4.78 is 5.87. The van der Waals surface area contributed by atoms with Crippen molar-refractivity contribution in [2.24, 2.45) is 17.3 Å². The van der Waals surface area contributed by atoms with Crippen LogP contribution in [-0.2, 0) is 4.74 Å². The fourth-order valence-corrected chi connectivity index (χ4v) is 4.57. The number of hydrogen-bond donors (Lipinski definition) is 0. The van der Waals surface area contributed by atoms with Crippen LogP contribution in [0.4, 0.5) is 0 Å². The number of hydrogen-bond acceptors (Lipinski definition) is 2. The first kappa shape index (κ1) is 20.0. The Morgan fingerprint density at radius 1 is 1.24 bits per heavy atom. The molecule has 1 unspecified atom stereocenters. The number of benzene rings is 1. The SMILES string of the molecule is CCCC(CC[C@@H]1[C@@H](C)CCCC1(C)C)OC(=O)c1ccc(C)cc1. The first-order valence-corrected chi connectivity index (χ1v) is 10.1. The van der Waals surface area contributed by atoms with E-state index in [-0.39, 0.29) is 12.1 Å². The molecule has 0 saturated heterocycles. The lowest BCUT2D eigenvalue weighted by Gasteiger charge is -2.43. The Morgan fingerprint density at radius 3 is 2.52 bits per heavy atom. The van der Waals surface area contributed by atoms with Gasteiger partial charge >= 0.3 is 5.97 Å². The van der Waals surface area contributed by atoms with E-state index in [9.17, 15) is 4.79 Å². The van der Waals surface area contributed by atoms with Crippen LogP contribution < -0.4 is 0 Å². The van der Waals surface area contributed by atoms with Gasteiger partial charge in [0, 0.05) is 0 Å². The van der Waals surface area contributed by atoms with E-state index in [4.69, 9.17) is 4.74 Å². The van der Waals surface area contributed by atoms with E-state index in [2.05, 4.69) is 27.7 Å². The fourth-order valence-electron chi connectivity index (χ4n) is 4.57. The van der Waals surface area contributed by atoms with Crippen LogP contribution in [0.3, 0.4) is 0 Å². The van der Waals surface area contributed by atoms with Gasteiger partial charge in [0.25, 0.3) is 0 Å². The number of rotatable bonds is 7. The summed E-state index contributed by atoms with van der Waals surface area (Å²) in [5.74, 6) is 1.34. The van der Waals surface area contributed by atoms with Gasteiger partial charge in [0.2, 0.25) is 0 Å². The minimum atomic E-state index is -0.172. The average Bonchev–Trinajstić information content (AvgIpc) is 2.54. The van der Waals surface area contributed by atoms with Crippen LogP contribution in [0.5, 0.6) is 0 Å². The van der Waals surface area contributed by atoms with Crippen molar-refractivity contribution in [1.29, 1.82) is 0 Å². The summed E-state index contributed by atoms with van der Waals surface area (Å²) in [6, 6.07) is 7.68. The van der Waals surface area contributed by atoms with Crippen molar-refractivity contribution >= 4 is 5.97 Å². The lowest BCUT2D eigenvalue weighted by Crippen LogP contribution is -2.34. The highest BCUT2D eigenvalue weighted by atomic mass is 16.5. The second-order valence-corrected chi connectivity index (χ2v) is 8.72. The third kappa shape index (κ3) is 5.59. The lowest BCUT2D eigenvalue weighted by atomic mass is 9.62. The number of carbonyl (C=O) groups excluding carboxylic acids is 1. The Balaban J connectivity index is 1.95. The molecule has 140 valence electrons. The average molecular weight is 345 g/mol. The summed E-state index contributed by atoms with van der Waals surface area (Å²) in [5.41, 5.74) is 2.24. The van der Waals surface area contributed by atoms with Crippen molar-refractivity contribution in [3.8, 4) is 0 Å². The van der Waals surface area contributed by atoms with Gasteiger partial charge in [-0.3, -0.25) is 0 Å². The summed E-state index contributed by atoms with van der Waals surface area (Å²) in [4.78, 5) is 12.5. The smallest absolute Gasteiger partial charge is 0.338 e. The maximum absolute atomic E-state index is 12.5. The van der Waals surface area contributed by atoms with E-state index in [0.717, 1.165) is 36.7 Å². The van der Waals surface area contributed by atoms with E-state index in [1.54, 1.807) is 0 Å². The molecule has 0 amide bonds. The highest BCUT2D eigenvalue weighted by molar-refractivity contribution is 5.89. The van der Waals surface area contributed by atoms with Gasteiger partial charge in [0.05, 0.1) is 5.56 Å². The summed E-state index contributed by atoms with van der Waals surface area (Å²) >= 11 is 0. The topological polar surface area (TPSA) is 26.3 Å². The van der Waals surface area contributed by atoms with Gasteiger partial charge in [-0.15, -0.1) is 0 Å². The number of ether oxygens (including phenoxy) is 1.